The van der Waals surface area contributed by atoms with Gasteiger partial charge in [0.25, 0.3) is 0 Å². The monoisotopic (exact) mass is 203 g/mol. The lowest BCUT2D eigenvalue weighted by atomic mass is 10.1. The summed E-state index contributed by atoms with van der Waals surface area (Å²) < 4.78 is 10.8. The maximum atomic E-state index is 5.50. The van der Waals surface area contributed by atoms with Crippen LogP contribution in [-0.2, 0) is 9.47 Å². The molecular weight excluding hydrogens is 178 g/mol. The first-order valence-corrected chi connectivity index (χ1v) is 5.45. The van der Waals surface area contributed by atoms with Crippen molar-refractivity contribution in [2.24, 2.45) is 5.73 Å². The summed E-state index contributed by atoms with van der Waals surface area (Å²) >= 11 is 0. The van der Waals surface area contributed by atoms with Crippen molar-refractivity contribution in [1.29, 1.82) is 0 Å². The van der Waals surface area contributed by atoms with E-state index in [1.807, 2.05) is 0 Å². The molecule has 0 aliphatic heterocycles. The predicted molar refractivity (Wildman–Crippen MR) is 59.4 cm³/mol. The van der Waals surface area contributed by atoms with E-state index in [1.54, 1.807) is 7.11 Å². The summed E-state index contributed by atoms with van der Waals surface area (Å²) in [6.45, 7) is 6.57. The van der Waals surface area contributed by atoms with E-state index in [2.05, 4.69) is 13.8 Å². The van der Waals surface area contributed by atoms with Crippen molar-refractivity contribution in [3.8, 4) is 0 Å². The molecule has 0 aromatic heterocycles. The topological polar surface area (TPSA) is 44.5 Å². The van der Waals surface area contributed by atoms with Gasteiger partial charge in [0.1, 0.15) is 0 Å². The Morgan fingerprint density at radius 2 is 1.79 bits per heavy atom. The van der Waals surface area contributed by atoms with E-state index in [-0.39, 0.29) is 5.60 Å². The van der Waals surface area contributed by atoms with Crippen LogP contribution in [0, 0.1) is 0 Å². The van der Waals surface area contributed by atoms with Gasteiger partial charge < -0.3 is 15.2 Å². The molecule has 0 rings (SSSR count). The van der Waals surface area contributed by atoms with Crippen LogP contribution in [0.5, 0.6) is 0 Å². The molecule has 0 bridgehead atoms. The molecular formula is C11H25NO2. The smallest absolute Gasteiger partial charge is 0.0644 e. The third-order valence-electron chi connectivity index (χ3n) is 2.39. The largest absolute Gasteiger partial charge is 0.381 e. The third-order valence-corrected chi connectivity index (χ3v) is 2.39. The molecule has 0 aromatic carbocycles. The molecule has 86 valence electrons. The second-order valence-corrected chi connectivity index (χ2v) is 4.18. The van der Waals surface area contributed by atoms with Gasteiger partial charge in [0.2, 0.25) is 0 Å². The number of hydrogen-bond donors (Lipinski definition) is 1. The third kappa shape index (κ3) is 8.48. The van der Waals surface area contributed by atoms with Crippen molar-refractivity contribution in [3.63, 3.8) is 0 Å². The van der Waals surface area contributed by atoms with Crippen LogP contribution in [-0.4, -0.2) is 32.5 Å². The van der Waals surface area contributed by atoms with Crippen molar-refractivity contribution in [3.05, 3.63) is 0 Å². The zero-order valence-corrected chi connectivity index (χ0v) is 9.84. The Bertz CT molecular complexity index is 126. The van der Waals surface area contributed by atoms with Crippen LogP contribution in [0.4, 0.5) is 0 Å². The number of hydrogen-bond acceptors (Lipinski definition) is 3. The molecule has 0 radical (unpaired) electrons. The highest BCUT2D eigenvalue weighted by Gasteiger charge is 2.15. The second kappa shape index (κ2) is 8.21. The fourth-order valence-corrected chi connectivity index (χ4v) is 1.05. The van der Waals surface area contributed by atoms with Crippen LogP contribution >= 0.6 is 0 Å². The number of methoxy groups -OCH3 is 1. The van der Waals surface area contributed by atoms with Gasteiger partial charge in [-0.25, -0.2) is 0 Å². The molecule has 0 aromatic rings. The zero-order chi connectivity index (χ0) is 10.9. The van der Waals surface area contributed by atoms with Crippen molar-refractivity contribution < 1.29 is 9.47 Å². The molecule has 14 heavy (non-hydrogen) atoms. The first kappa shape index (κ1) is 13.9. The summed E-state index contributed by atoms with van der Waals surface area (Å²) in [6.07, 6.45) is 4.34. The molecule has 0 saturated carbocycles. The molecule has 3 heteroatoms. The zero-order valence-electron chi connectivity index (χ0n) is 9.84. The van der Waals surface area contributed by atoms with E-state index in [9.17, 15) is 0 Å². The summed E-state index contributed by atoms with van der Waals surface area (Å²) in [7, 11) is 1.74. The fraction of sp³-hybridized carbons (Fsp3) is 1.00. The molecule has 0 spiro atoms. The quantitative estimate of drug-likeness (QED) is 0.582. The normalized spacial score (nSPS) is 12.0. The lowest BCUT2D eigenvalue weighted by molar-refractivity contribution is -0.0101. The number of unbranched alkanes of at least 4 members (excludes halogenated alkanes) is 2. The molecule has 0 atom stereocenters. The van der Waals surface area contributed by atoms with E-state index in [0.717, 1.165) is 39.0 Å². The van der Waals surface area contributed by atoms with Crippen LogP contribution in [0.2, 0.25) is 0 Å². The number of rotatable bonds is 9. The van der Waals surface area contributed by atoms with E-state index in [4.69, 9.17) is 15.2 Å². The molecule has 0 unspecified atom stereocenters. The fourth-order valence-electron chi connectivity index (χ4n) is 1.05. The number of ether oxygens (including phenoxy) is 2. The highest BCUT2D eigenvalue weighted by Crippen LogP contribution is 2.12. The first-order chi connectivity index (χ1) is 6.62. The van der Waals surface area contributed by atoms with Crippen molar-refractivity contribution in [2.75, 3.05) is 26.9 Å². The van der Waals surface area contributed by atoms with Crippen LogP contribution in [0.1, 0.15) is 39.5 Å². The summed E-state index contributed by atoms with van der Waals surface area (Å²) in [6, 6.07) is 0. The van der Waals surface area contributed by atoms with Crippen LogP contribution < -0.4 is 5.73 Å². The highest BCUT2D eigenvalue weighted by atomic mass is 16.5. The van der Waals surface area contributed by atoms with Crippen LogP contribution in [0.3, 0.4) is 0 Å². The van der Waals surface area contributed by atoms with Gasteiger partial charge in [-0.05, 0) is 46.1 Å². The maximum Gasteiger partial charge on any atom is 0.0644 e. The standard InChI is InChI=1S/C11H25NO2/c1-11(2,13-3)7-10-14-9-6-4-5-8-12/h4-10,12H2,1-3H3. The van der Waals surface area contributed by atoms with Crippen molar-refractivity contribution in [2.45, 2.75) is 45.1 Å². The molecule has 0 fully saturated rings. The average molecular weight is 203 g/mol. The van der Waals surface area contributed by atoms with E-state index < -0.39 is 0 Å². The molecule has 3 nitrogen and oxygen atoms in total. The minimum Gasteiger partial charge on any atom is -0.381 e. The Morgan fingerprint density at radius 1 is 1.07 bits per heavy atom. The maximum absolute atomic E-state index is 5.50. The van der Waals surface area contributed by atoms with Gasteiger partial charge in [0.05, 0.1) is 5.60 Å². The molecule has 0 aliphatic rings. The van der Waals surface area contributed by atoms with E-state index in [0.29, 0.717) is 0 Å². The van der Waals surface area contributed by atoms with E-state index in [1.165, 1.54) is 6.42 Å². The number of nitrogens with two attached hydrogens (primary N) is 1. The average Bonchev–Trinajstić information content (AvgIpc) is 2.16. The van der Waals surface area contributed by atoms with Gasteiger partial charge >= 0.3 is 0 Å². The Kier molecular flexibility index (Phi) is 8.14. The Morgan fingerprint density at radius 3 is 2.36 bits per heavy atom. The lowest BCUT2D eigenvalue weighted by Crippen LogP contribution is -2.24. The predicted octanol–water partition coefficient (Wildman–Crippen LogP) is 1.95. The van der Waals surface area contributed by atoms with Crippen molar-refractivity contribution >= 4 is 0 Å². The highest BCUT2D eigenvalue weighted by molar-refractivity contribution is 4.66. The molecule has 2 N–H and O–H groups in total. The first-order valence-electron chi connectivity index (χ1n) is 5.45. The van der Waals surface area contributed by atoms with Gasteiger partial charge in [0, 0.05) is 20.3 Å². The summed E-state index contributed by atoms with van der Waals surface area (Å²) in [5.74, 6) is 0. The minimum absolute atomic E-state index is 0.0583. The van der Waals surface area contributed by atoms with Crippen LogP contribution in [0.25, 0.3) is 0 Å². The molecule has 0 amide bonds. The Balaban J connectivity index is 3.13. The lowest BCUT2D eigenvalue weighted by Gasteiger charge is -2.22. The SMILES string of the molecule is COC(C)(C)CCOCCCCCN. The summed E-state index contributed by atoms with van der Waals surface area (Å²) in [5, 5.41) is 0. The summed E-state index contributed by atoms with van der Waals surface area (Å²) in [4.78, 5) is 0. The Hall–Kier alpha value is -0.120. The van der Waals surface area contributed by atoms with Gasteiger partial charge in [-0.1, -0.05) is 0 Å². The van der Waals surface area contributed by atoms with Gasteiger partial charge in [-0.3, -0.25) is 0 Å². The van der Waals surface area contributed by atoms with Gasteiger partial charge in [0.15, 0.2) is 0 Å². The van der Waals surface area contributed by atoms with Crippen LogP contribution in [0.15, 0.2) is 0 Å². The van der Waals surface area contributed by atoms with Gasteiger partial charge in [-0.2, -0.15) is 0 Å². The molecule has 0 saturated heterocycles. The second-order valence-electron chi connectivity index (χ2n) is 4.18. The minimum atomic E-state index is -0.0583. The molecule has 0 heterocycles. The van der Waals surface area contributed by atoms with E-state index >= 15 is 0 Å². The molecule has 0 aliphatic carbocycles. The van der Waals surface area contributed by atoms with Crippen molar-refractivity contribution in [1.82, 2.24) is 0 Å². The Labute approximate surface area is 88.0 Å². The summed E-state index contributed by atoms with van der Waals surface area (Å²) in [5.41, 5.74) is 5.33. The van der Waals surface area contributed by atoms with Gasteiger partial charge in [-0.15, -0.1) is 0 Å².